The molecule has 0 fully saturated rings. The van der Waals surface area contributed by atoms with Crippen molar-refractivity contribution in [3.8, 4) is 0 Å². The molecule has 0 spiro atoms. The van der Waals surface area contributed by atoms with Crippen molar-refractivity contribution < 1.29 is 0 Å². The van der Waals surface area contributed by atoms with E-state index in [2.05, 4.69) is 24.0 Å². The predicted octanol–water partition coefficient (Wildman–Crippen LogP) is 1.39. The van der Waals surface area contributed by atoms with Gasteiger partial charge in [0.1, 0.15) is 0 Å². The zero-order chi connectivity index (χ0) is 10.1. The highest BCUT2D eigenvalue weighted by Gasteiger charge is 2.16. The Labute approximate surface area is 82.8 Å². The first-order valence-electron chi connectivity index (χ1n) is 4.75. The van der Waals surface area contributed by atoms with Gasteiger partial charge in [0.05, 0.1) is 6.04 Å². The molecular formula is C10H14N4. The van der Waals surface area contributed by atoms with Crippen molar-refractivity contribution in [2.45, 2.75) is 19.9 Å². The van der Waals surface area contributed by atoms with Gasteiger partial charge in [-0.25, -0.2) is 0 Å². The molecule has 4 nitrogen and oxygen atoms in total. The second kappa shape index (κ2) is 3.38. The minimum Gasteiger partial charge on any atom is -0.321 e. The molecule has 2 aromatic heterocycles. The molecule has 0 aliphatic rings. The molecule has 0 aliphatic heterocycles. The molecule has 0 saturated heterocycles. The molecule has 0 aromatic carbocycles. The Bertz CT molecular complexity index is 432. The summed E-state index contributed by atoms with van der Waals surface area (Å²) >= 11 is 0. The topological polar surface area (TPSA) is 56.2 Å². The van der Waals surface area contributed by atoms with Crippen molar-refractivity contribution in [3.05, 3.63) is 30.2 Å². The van der Waals surface area contributed by atoms with E-state index in [1.807, 2.05) is 28.8 Å². The van der Waals surface area contributed by atoms with Gasteiger partial charge in [-0.1, -0.05) is 19.9 Å². The molecule has 2 heterocycles. The van der Waals surface area contributed by atoms with Crippen molar-refractivity contribution in [2.75, 3.05) is 0 Å². The van der Waals surface area contributed by atoms with E-state index in [4.69, 9.17) is 5.73 Å². The van der Waals surface area contributed by atoms with Gasteiger partial charge in [-0.05, 0) is 18.1 Å². The lowest BCUT2D eigenvalue weighted by Gasteiger charge is -2.12. The van der Waals surface area contributed by atoms with Gasteiger partial charge in [0.2, 0.25) is 0 Å². The van der Waals surface area contributed by atoms with Crippen LogP contribution in [0.5, 0.6) is 0 Å². The lowest BCUT2D eigenvalue weighted by Crippen LogP contribution is -2.19. The van der Waals surface area contributed by atoms with Crippen LogP contribution in [0.3, 0.4) is 0 Å². The van der Waals surface area contributed by atoms with Gasteiger partial charge in [-0.15, -0.1) is 10.2 Å². The van der Waals surface area contributed by atoms with E-state index >= 15 is 0 Å². The van der Waals surface area contributed by atoms with Gasteiger partial charge in [0, 0.05) is 6.20 Å². The summed E-state index contributed by atoms with van der Waals surface area (Å²) in [5.74, 6) is 1.19. The molecule has 0 saturated carbocycles. The van der Waals surface area contributed by atoms with Crippen LogP contribution in [0.2, 0.25) is 0 Å². The summed E-state index contributed by atoms with van der Waals surface area (Å²) in [4.78, 5) is 0. The van der Waals surface area contributed by atoms with Crippen LogP contribution in [0, 0.1) is 5.92 Å². The third-order valence-corrected chi connectivity index (χ3v) is 2.36. The van der Waals surface area contributed by atoms with Crippen LogP contribution in [0.1, 0.15) is 25.7 Å². The van der Waals surface area contributed by atoms with Gasteiger partial charge >= 0.3 is 0 Å². The van der Waals surface area contributed by atoms with Crippen molar-refractivity contribution in [2.24, 2.45) is 11.7 Å². The van der Waals surface area contributed by atoms with Crippen LogP contribution in [0.15, 0.2) is 24.4 Å². The molecule has 4 heteroatoms. The molecule has 0 amide bonds. The lowest BCUT2D eigenvalue weighted by atomic mass is 10.1. The molecule has 74 valence electrons. The predicted molar refractivity (Wildman–Crippen MR) is 54.8 cm³/mol. The summed E-state index contributed by atoms with van der Waals surface area (Å²) in [6.07, 6.45) is 1.94. The second-order valence-corrected chi connectivity index (χ2v) is 3.76. The SMILES string of the molecule is CC(C)[C@@H](N)c1nnc2ccccn12. The van der Waals surface area contributed by atoms with Gasteiger partial charge in [-0.3, -0.25) is 4.40 Å². The quantitative estimate of drug-likeness (QED) is 0.778. The zero-order valence-corrected chi connectivity index (χ0v) is 8.38. The molecule has 2 N–H and O–H groups in total. The number of pyridine rings is 1. The minimum absolute atomic E-state index is 0.0626. The van der Waals surface area contributed by atoms with Crippen LogP contribution in [-0.4, -0.2) is 14.6 Å². The summed E-state index contributed by atoms with van der Waals surface area (Å²) in [6.45, 7) is 4.16. The van der Waals surface area contributed by atoms with E-state index in [1.165, 1.54) is 0 Å². The summed E-state index contributed by atoms with van der Waals surface area (Å²) < 4.78 is 1.94. The highest BCUT2D eigenvalue weighted by Crippen LogP contribution is 2.17. The number of rotatable bonds is 2. The van der Waals surface area contributed by atoms with Gasteiger partial charge < -0.3 is 5.73 Å². The van der Waals surface area contributed by atoms with Crippen LogP contribution in [0.25, 0.3) is 5.65 Å². The van der Waals surface area contributed by atoms with Crippen LogP contribution < -0.4 is 5.73 Å². The number of nitrogens with zero attached hydrogens (tertiary/aromatic N) is 3. The number of nitrogens with two attached hydrogens (primary N) is 1. The first-order valence-corrected chi connectivity index (χ1v) is 4.75. The van der Waals surface area contributed by atoms with Crippen molar-refractivity contribution in [1.29, 1.82) is 0 Å². The first kappa shape index (κ1) is 9.15. The smallest absolute Gasteiger partial charge is 0.160 e. The Kier molecular flexibility index (Phi) is 2.21. The molecule has 0 unspecified atom stereocenters. The average Bonchev–Trinajstić information content (AvgIpc) is 2.60. The monoisotopic (exact) mass is 190 g/mol. The van der Waals surface area contributed by atoms with Crippen LogP contribution in [0.4, 0.5) is 0 Å². The summed E-state index contributed by atoms with van der Waals surface area (Å²) in [6, 6.07) is 5.75. The summed E-state index contributed by atoms with van der Waals surface area (Å²) in [7, 11) is 0. The lowest BCUT2D eigenvalue weighted by molar-refractivity contribution is 0.486. The van der Waals surface area contributed by atoms with E-state index in [0.717, 1.165) is 11.5 Å². The molecular weight excluding hydrogens is 176 g/mol. The van der Waals surface area contributed by atoms with Gasteiger partial charge in [-0.2, -0.15) is 0 Å². The van der Waals surface area contributed by atoms with E-state index in [1.54, 1.807) is 0 Å². The average molecular weight is 190 g/mol. The van der Waals surface area contributed by atoms with E-state index in [-0.39, 0.29) is 6.04 Å². The molecule has 1 atom stereocenters. The largest absolute Gasteiger partial charge is 0.321 e. The Hall–Kier alpha value is -1.42. The maximum atomic E-state index is 6.02. The third-order valence-electron chi connectivity index (χ3n) is 2.36. The normalized spacial score (nSPS) is 13.7. The van der Waals surface area contributed by atoms with Gasteiger partial charge in [0.15, 0.2) is 11.5 Å². The fraction of sp³-hybridized carbons (Fsp3) is 0.400. The Balaban J connectivity index is 2.53. The summed E-state index contributed by atoms with van der Waals surface area (Å²) in [5, 5.41) is 8.16. The summed E-state index contributed by atoms with van der Waals surface area (Å²) in [5.41, 5.74) is 6.87. The Morgan fingerprint density at radius 2 is 2.07 bits per heavy atom. The number of aromatic nitrogens is 3. The Morgan fingerprint density at radius 1 is 1.29 bits per heavy atom. The number of hydrogen-bond donors (Lipinski definition) is 1. The van der Waals surface area contributed by atoms with Crippen molar-refractivity contribution in [1.82, 2.24) is 14.6 Å². The van der Waals surface area contributed by atoms with Crippen molar-refractivity contribution in [3.63, 3.8) is 0 Å². The highest BCUT2D eigenvalue weighted by atomic mass is 15.3. The maximum Gasteiger partial charge on any atom is 0.160 e. The zero-order valence-electron chi connectivity index (χ0n) is 8.38. The molecule has 14 heavy (non-hydrogen) atoms. The molecule has 0 bridgehead atoms. The van der Waals surface area contributed by atoms with E-state index < -0.39 is 0 Å². The van der Waals surface area contributed by atoms with E-state index in [0.29, 0.717) is 5.92 Å². The fourth-order valence-electron chi connectivity index (χ4n) is 1.39. The minimum atomic E-state index is -0.0626. The second-order valence-electron chi connectivity index (χ2n) is 3.76. The van der Waals surface area contributed by atoms with E-state index in [9.17, 15) is 0 Å². The number of hydrogen-bond acceptors (Lipinski definition) is 3. The highest BCUT2D eigenvalue weighted by molar-refractivity contribution is 5.37. The first-order chi connectivity index (χ1) is 6.70. The Morgan fingerprint density at radius 3 is 2.79 bits per heavy atom. The third kappa shape index (κ3) is 1.37. The standard InChI is InChI=1S/C10H14N4/c1-7(2)9(11)10-13-12-8-5-3-4-6-14(8)10/h3-7,9H,11H2,1-2H3/t9-/m1/s1. The maximum absolute atomic E-state index is 6.02. The van der Waals surface area contributed by atoms with Crippen LogP contribution >= 0.6 is 0 Å². The van der Waals surface area contributed by atoms with Gasteiger partial charge in [0.25, 0.3) is 0 Å². The number of fused-ring (bicyclic) bond motifs is 1. The molecule has 0 aliphatic carbocycles. The van der Waals surface area contributed by atoms with Crippen LogP contribution in [-0.2, 0) is 0 Å². The van der Waals surface area contributed by atoms with Crippen molar-refractivity contribution >= 4 is 5.65 Å². The fourth-order valence-corrected chi connectivity index (χ4v) is 1.39. The molecule has 2 rings (SSSR count). The molecule has 0 radical (unpaired) electrons. The molecule has 2 aromatic rings.